The van der Waals surface area contributed by atoms with E-state index in [-0.39, 0.29) is 17.9 Å². The summed E-state index contributed by atoms with van der Waals surface area (Å²) in [5.41, 5.74) is 1.67. The number of amides is 1. The van der Waals surface area contributed by atoms with Gasteiger partial charge in [-0.15, -0.1) is 0 Å². The number of nitrogens with zero attached hydrogens (tertiary/aromatic N) is 2. The molecule has 1 atom stereocenters. The van der Waals surface area contributed by atoms with Gasteiger partial charge in [0.15, 0.2) is 11.5 Å². The number of carbonyl (C=O) groups excluding carboxylic acids is 2. The fourth-order valence-corrected chi connectivity index (χ4v) is 4.09. The van der Waals surface area contributed by atoms with E-state index >= 15 is 0 Å². The number of benzene rings is 2. The van der Waals surface area contributed by atoms with Crippen molar-refractivity contribution in [3.63, 3.8) is 0 Å². The summed E-state index contributed by atoms with van der Waals surface area (Å²) in [5.74, 6) is -0.649. The van der Waals surface area contributed by atoms with Gasteiger partial charge in [-0.2, -0.15) is 0 Å². The van der Waals surface area contributed by atoms with Crippen molar-refractivity contribution in [3.05, 3.63) is 89.3 Å². The second-order valence-corrected chi connectivity index (χ2v) is 7.61. The van der Waals surface area contributed by atoms with Crippen molar-refractivity contribution in [2.45, 2.75) is 12.6 Å². The van der Waals surface area contributed by atoms with Crippen LogP contribution in [0.25, 0.3) is 5.76 Å². The van der Waals surface area contributed by atoms with Crippen molar-refractivity contribution >= 4 is 17.4 Å². The van der Waals surface area contributed by atoms with Crippen LogP contribution >= 0.6 is 0 Å². The average molecular weight is 460 g/mol. The Hall–Kier alpha value is -4.33. The van der Waals surface area contributed by atoms with E-state index in [9.17, 15) is 14.7 Å². The first-order valence-electron chi connectivity index (χ1n) is 10.5. The number of Topliss-reactive ketones (excluding diaryl/α,β-unsaturated/α-hetero) is 1. The molecule has 1 aromatic heterocycles. The molecule has 4 rings (SSSR count). The lowest BCUT2D eigenvalue weighted by molar-refractivity contribution is -0.140. The number of ketones is 1. The molecule has 1 unspecified atom stereocenters. The molecule has 8 heteroatoms. The first-order chi connectivity index (χ1) is 16.5. The second kappa shape index (κ2) is 9.66. The number of aliphatic hydroxyl groups excluding tert-OH is 1. The lowest BCUT2D eigenvalue weighted by Gasteiger charge is -2.26. The average Bonchev–Trinajstić information content (AvgIpc) is 3.13. The van der Waals surface area contributed by atoms with Gasteiger partial charge in [-0.25, -0.2) is 0 Å². The number of hydrogen-bond donors (Lipinski definition) is 1. The molecule has 0 bridgehead atoms. The summed E-state index contributed by atoms with van der Waals surface area (Å²) in [6.07, 6.45) is 3.26. The summed E-state index contributed by atoms with van der Waals surface area (Å²) in [5, 5.41) is 11.2. The van der Waals surface area contributed by atoms with Crippen molar-refractivity contribution in [2.75, 3.05) is 21.3 Å². The monoisotopic (exact) mass is 460 g/mol. The summed E-state index contributed by atoms with van der Waals surface area (Å²) < 4.78 is 16.4. The zero-order valence-corrected chi connectivity index (χ0v) is 19.0. The van der Waals surface area contributed by atoms with Gasteiger partial charge in [0.05, 0.1) is 32.9 Å². The van der Waals surface area contributed by atoms with E-state index in [2.05, 4.69) is 4.98 Å². The van der Waals surface area contributed by atoms with Crippen LogP contribution in [0.1, 0.15) is 22.7 Å². The minimum Gasteiger partial charge on any atom is -0.507 e. The summed E-state index contributed by atoms with van der Waals surface area (Å²) in [6, 6.07) is 14.7. The Morgan fingerprint density at radius 2 is 1.65 bits per heavy atom. The quantitative estimate of drug-likeness (QED) is 0.326. The maximum Gasteiger partial charge on any atom is 0.295 e. The van der Waals surface area contributed by atoms with Gasteiger partial charge in [0, 0.05) is 24.5 Å². The highest BCUT2D eigenvalue weighted by atomic mass is 16.5. The molecule has 2 heterocycles. The van der Waals surface area contributed by atoms with Crippen LogP contribution in [0, 0.1) is 0 Å². The number of carbonyl (C=O) groups is 2. The van der Waals surface area contributed by atoms with E-state index in [1.165, 1.54) is 26.2 Å². The van der Waals surface area contributed by atoms with Crippen LogP contribution in [-0.4, -0.2) is 48.0 Å². The molecule has 3 aromatic rings. The van der Waals surface area contributed by atoms with Crippen LogP contribution in [0.2, 0.25) is 0 Å². The molecule has 1 saturated heterocycles. The minimum atomic E-state index is -0.894. The van der Waals surface area contributed by atoms with Gasteiger partial charge in [0.2, 0.25) is 5.75 Å². The molecule has 0 aliphatic carbocycles. The van der Waals surface area contributed by atoms with Gasteiger partial charge in [-0.1, -0.05) is 36.4 Å². The smallest absolute Gasteiger partial charge is 0.295 e. The summed E-state index contributed by atoms with van der Waals surface area (Å²) in [7, 11) is 4.46. The normalized spacial score (nSPS) is 17.0. The molecule has 1 aliphatic rings. The molecule has 1 N–H and O–H groups in total. The molecule has 0 radical (unpaired) electrons. The number of aliphatic hydroxyl groups is 1. The Morgan fingerprint density at radius 3 is 2.21 bits per heavy atom. The molecule has 34 heavy (non-hydrogen) atoms. The molecule has 174 valence electrons. The van der Waals surface area contributed by atoms with Crippen LogP contribution < -0.4 is 14.2 Å². The maximum absolute atomic E-state index is 13.2. The largest absolute Gasteiger partial charge is 0.507 e. The molecule has 8 nitrogen and oxygen atoms in total. The number of methoxy groups -OCH3 is 3. The summed E-state index contributed by atoms with van der Waals surface area (Å²) in [6.45, 7) is 0.116. The topological polar surface area (TPSA) is 98.2 Å². The lowest BCUT2D eigenvalue weighted by Crippen LogP contribution is -2.29. The van der Waals surface area contributed by atoms with Gasteiger partial charge in [-0.3, -0.25) is 14.6 Å². The number of likely N-dealkylation sites (tertiary alicyclic amines) is 1. The first-order valence-corrected chi connectivity index (χ1v) is 10.5. The van der Waals surface area contributed by atoms with Gasteiger partial charge < -0.3 is 24.2 Å². The van der Waals surface area contributed by atoms with E-state index in [4.69, 9.17) is 14.2 Å². The van der Waals surface area contributed by atoms with Crippen molar-refractivity contribution in [1.82, 2.24) is 9.88 Å². The van der Waals surface area contributed by atoms with Crippen molar-refractivity contribution in [2.24, 2.45) is 0 Å². The Labute approximate surface area is 197 Å². The van der Waals surface area contributed by atoms with Crippen LogP contribution in [-0.2, 0) is 16.1 Å². The van der Waals surface area contributed by atoms with Crippen LogP contribution in [0.5, 0.6) is 17.2 Å². The summed E-state index contributed by atoms with van der Waals surface area (Å²) in [4.78, 5) is 31.9. The fraction of sp³-hybridized carbons (Fsp3) is 0.192. The van der Waals surface area contributed by atoms with Gasteiger partial charge in [0.1, 0.15) is 5.76 Å². The molecule has 2 aromatic carbocycles. The van der Waals surface area contributed by atoms with E-state index in [1.807, 2.05) is 6.07 Å². The van der Waals surface area contributed by atoms with E-state index in [1.54, 1.807) is 60.9 Å². The van der Waals surface area contributed by atoms with Crippen LogP contribution in [0.4, 0.5) is 0 Å². The zero-order valence-electron chi connectivity index (χ0n) is 19.0. The fourth-order valence-electron chi connectivity index (χ4n) is 4.09. The zero-order chi connectivity index (χ0) is 24.2. The van der Waals surface area contributed by atoms with Crippen LogP contribution in [0.15, 0.2) is 72.6 Å². The maximum atomic E-state index is 13.2. The second-order valence-electron chi connectivity index (χ2n) is 7.61. The highest BCUT2D eigenvalue weighted by Gasteiger charge is 2.46. The first kappa shape index (κ1) is 22.8. The SMILES string of the molecule is COc1cc(C2/C(=C(\O)c3ccccc3)C(=O)C(=O)N2Cc2cccnc2)cc(OC)c1OC. The Bertz CT molecular complexity index is 1220. The molecule has 0 saturated carbocycles. The molecular formula is C26H24N2O6. The third-order valence-electron chi connectivity index (χ3n) is 5.67. The minimum absolute atomic E-state index is 0.0191. The Kier molecular flexibility index (Phi) is 6.49. The summed E-state index contributed by atoms with van der Waals surface area (Å²) >= 11 is 0. The highest BCUT2D eigenvalue weighted by Crippen LogP contribution is 2.46. The number of rotatable bonds is 7. The number of hydrogen-bond acceptors (Lipinski definition) is 7. The molecular weight excluding hydrogens is 436 g/mol. The highest BCUT2D eigenvalue weighted by molar-refractivity contribution is 6.46. The number of ether oxygens (including phenoxy) is 3. The van der Waals surface area contributed by atoms with Gasteiger partial charge in [-0.05, 0) is 29.3 Å². The molecule has 0 spiro atoms. The van der Waals surface area contributed by atoms with Crippen LogP contribution in [0.3, 0.4) is 0 Å². The van der Waals surface area contributed by atoms with Crippen molar-refractivity contribution < 1.29 is 28.9 Å². The number of aromatic nitrogens is 1. The Morgan fingerprint density at radius 1 is 0.971 bits per heavy atom. The van der Waals surface area contributed by atoms with Gasteiger partial charge >= 0.3 is 0 Å². The third kappa shape index (κ3) is 4.05. The third-order valence-corrected chi connectivity index (χ3v) is 5.67. The molecule has 1 amide bonds. The molecule has 1 fully saturated rings. The van der Waals surface area contributed by atoms with E-state index < -0.39 is 17.7 Å². The van der Waals surface area contributed by atoms with E-state index in [0.29, 0.717) is 28.4 Å². The van der Waals surface area contributed by atoms with Crippen molar-refractivity contribution in [1.29, 1.82) is 0 Å². The standard InChI is InChI=1S/C26H24N2O6/c1-32-19-12-18(13-20(33-2)25(19)34-3)22-21(23(29)17-9-5-4-6-10-17)24(30)26(31)28(22)15-16-8-7-11-27-14-16/h4-14,22,29H,15H2,1-3H3/b23-21+. The number of pyridine rings is 1. The van der Waals surface area contributed by atoms with E-state index in [0.717, 1.165) is 5.56 Å². The van der Waals surface area contributed by atoms with Gasteiger partial charge in [0.25, 0.3) is 11.7 Å². The Balaban J connectivity index is 1.94. The van der Waals surface area contributed by atoms with Crippen molar-refractivity contribution in [3.8, 4) is 17.2 Å². The predicted molar refractivity (Wildman–Crippen MR) is 125 cm³/mol. The molecule has 1 aliphatic heterocycles. The lowest BCUT2D eigenvalue weighted by atomic mass is 9.94. The predicted octanol–water partition coefficient (Wildman–Crippen LogP) is 3.73.